The predicted molar refractivity (Wildman–Crippen MR) is 125 cm³/mol. The molecule has 1 amide bonds. The Morgan fingerprint density at radius 1 is 0.889 bits per heavy atom. The third-order valence-electron chi connectivity index (χ3n) is 8.50. The molecule has 0 radical (unpaired) electrons. The van der Waals surface area contributed by atoms with Crippen LogP contribution in [0.1, 0.15) is 67.3 Å². The molecule has 1 aliphatic carbocycles. The number of fused-ring (bicyclic) bond motifs is 2. The number of carbonyl (C=O) groups is 1. The van der Waals surface area contributed by atoms with Crippen LogP contribution >= 0.6 is 0 Å². The fraction of sp³-hybridized carbons (Fsp3) is 0.577. The average molecular weight is 514 g/mol. The highest BCUT2D eigenvalue weighted by Crippen LogP contribution is 2.48. The summed E-state index contributed by atoms with van der Waals surface area (Å²) >= 11 is 0. The number of aromatic nitrogens is 1. The summed E-state index contributed by atoms with van der Waals surface area (Å²) in [6.45, 7) is 1.08. The van der Waals surface area contributed by atoms with Crippen LogP contribution in [0.5, 0.6) is 0 Å². The topological polar surface area (TPSA) is 48.7 Å². The fourth-order valence-electron chi connectivity index (χ4n) is 6.27. The number of piperidine rings is 1. The highest BCUT2D eigenvalue weighted by atomic mass is 19.4. The highest BCUT2D eigenvalue weighted by molar-refractivity contribution is 5.94. The van der Waals surface area contributed by atoms with Gasteiger partial charge in [0.1, 0.15) is 0 Å². The number of halogens is 5. The molecule has 0 bridgehead atoms. The molecule has 1 aromatic carbocycles. The number of amides is 1. The molecule has 0 unspecified atom stereocenters. The Balaban J connectivity index is 0.00000320. The molecule has 1 saturated carbocycles. The molecule has 1 saturated heterocycles. The van der Waals surface area contributed by atoms with Crippen LogP contribution in [-0.2, 0) is 23.6 Å². The molecular weight excluding hydrogens is 481 g/mol. The van der Waals surface area contributed by atoms with Crippen LogP contribution in [0.15, 0.2) is 36.4 Å². The Bertz CT molecular complexity index is 1130. The minimum Gasteiger partial charge on any atom is -0.385 e. The Morgan fingerprint density at radius 2 is 1.50 bits per heavy atom. The Hall–Kier alpha value is -2.46. The number of likely N-dealkylation sites (N-methyl/N-ethyl adjacent to an activating group) is 1. The molecule has 2 fully saturated rings. The van der Waals surface area contributed by atoms with E-state index in [1.54, 1.807) is 29.2 Å². The maximum absolute atomic E-state index is 14.2. The van der Waals surface area contributed by atoms with Gasteiger partial charge in [0, 0.05) is 38.9 Å². The number of likely N-dealkylation sites (tertiary alicyclic amines) is 1. The van der Waals surface area contributed by atoms with Gasteiger partial charge in [-0.15, -0.1) is 0 Å². The smallest absolute Gasteiger partial charge is 0.385 e. The van der Waals surface area contributed by atoms with Gasteiger partial charge in [0.05, 0.1) is 16.8 Å². The van der Waals surface area contributed by atoms with Crippen molar-refractivity contribution in [2.24, 2.45) is 0 Å². The quantitative estimate of drug-likeness (QED) is 0.572. The van der Waals surface area contributed by atoms with Gasteiger partial charge in [-0.3, -0.25) is 9.69 Å². The summed E-state index contributed by atoms with van der Waals surface area (Å²) in [7, 11) is 1.85. The second-order valence-corrected chi connectivity index (χ2v) is 10.4. The molecule has 198 valence electrons. The molecule has 1 N–H and O–H groups in total. The van der Waals surface area contributed by atoms with Crippen molar-refractivity contribution in [3.05, 3.63) is 58.9 Å². The van der Waals surface area contributed by atoms with Crippen LogP contribution in [0.2, 0.25) is 0 Å². The van der Waals surface area contributed by atoms with Crippen LogP contribution < -0.4 is 0 Å². The lowest BCUT2D eigenvalue weighted by molar-refractivity contribution is -0.292. The van der Waals surface area contributed by atoms with Crippen LogP contribution in [-0.4, -0.2) is 58.2 Å². The van der Waals surface area contributed by atoms with Crippen LogP contribution in [0.25, 0.3) is 0 Å². The van der Waals surface area contributed by atoms with Crippen molar-refractivity contribution in [1.82, 2.24) is 14.4 Å². The van der Waals surface area contributed by atoms with Gasteiger partial charge in [0.15, 0.2) is 0 Å². The molecule has 36 heavy (non-hydrogen) atoms. The largest absolute Gasteiger partial charge is 0.459 e. The van der Waals surface area contributed by atoms with E-state index in [0.29, 0.717) is 56.6 Å². The van der Waals surface area contributed by atoms with E-state index < -0.39 is 28.9 Å². The molecule has 1 aromatic heterocycles. The third-order valence-corrected chi connectivity index (χ3v) is 8.50. The number of carbonyl (C=O) groups excluding carboxylic acids is 1. The first kappa shape index (κ1) is 25.2. The minimum atomic E-state index is -5.67. The highest BCUT2D eigenvalue weighted by Gasteiger charge is 2.61. The fourth-order valence-corrected chi connectivity index (χ4v) is 6.27. The molecule has 1 spiro atoms. The summed E-state index contributed by atoms with van der Waals surface area (Å²) in [6, 6.07) is 9.32. The van der Waals surface area contributed by atoms with E-state index in [2.05, 4.69) is 0 Å². The van der Waals surface area contributed by atoms with Crippen molar-refractivity contribution in [2.75, 3.05) is 26.7 Å². The normalized spacial score (nSPS) is 22.1. The van der Waals surface area contributed by atoms with E-state index in [1.807, 2.05) is 11.9 Å². The van der Waals surface area contributed by atoms with Gasteiger partial charge in [0.2, 0.25) is 0 Å². The molecule has 2 aromatic rings. The maximum Gasteiger partial charge on any atom is 0.459 e. The average Bonchev–Trinajstić information content (AvgIpc) is 3.49. The zero-order valence-electron chi connectivity index (χ0n) is 20.1. The van der Waals surface area contributed by atoms with Crippen molar-refractivity contribution in [3.8, 4) is 0 Å². The summed E-state index contributed by atoms with van der Waals surface area (Å²) in [6.07, 6.45) is -1.46. The molecule has 2 aliphatic heterocycles. The van der Waals surface area contributed by atoms with Crippen LogP contribution in [0.4, 0.5) is 22.0 Å². The molecule has 10 heteroatoms. The Kier molecular flexibility index (Phi) is 5.98. The van der Waals surface area contributed by atoms with E-state index in [4.69, 9.17) is 0 Å². The summed E-state index contributed by atoms with van der Waals surface area (Å²) in [5.41, 5.74) is -0.822. The van der Waals surface area contributed by atoms with Gasteiger partial charge >= 0.3 is 12.1 Å². The second kappa shape index (κ2) is 8.55. The lowest BCUT2D eigenvalue weighted by atomic mass is 9.81. The zero-order valence-corrected chi connectivity index (χ0v) is 20.1. The zero-order chi connectivity index (χ0) is 25.9. The lowest BCUT2D eigenvalue weighted by Gasteiger charge is -2.50. The summed E-state index contributed by atoms with van der Waals surface area (Å²) in [5, 5.41) is 10.8. The molecule has 5 rings (SSSR count). The second-order valence-electron chi connectivity index (χ2n) is 10.4. The van der Waals surface area contributed by atoms with E-state index in [0.717, 1.165) is 29.0 Å². The third kappa shape index (κ3) is 3.84. The Labute approximate surface area is 208 Å². The van der Waals surface area contributed by atoms with E-state index in [9.17, 15) is 31.9 Å². The molecular formula is C26H32F5N3O2. The monoisotopic (exact) mass is 513 g/mol. The standard InChI is InChI=1S/C26H30F5N3O2.H2/c1-32-16-17-34-20(8-9-21(34)25(27,28)26(29,30)31)23(32)12-14-33(15-13-23)22(35)18-4-6-19(7-5-18)24(36)10-2-3-11-24;/h4-9,36H,2-3,10-17H2,1H3;1H. The number of benzene rings is 1. The van der Waals surface area contributed by atoms with E-state index in [1.165, 1.54) is 6.07 Å². The molecule has 3 heterocycles. The first-order valence-electron chi connectivity index (χ1n) is 12.4. The number of nitrogens with zero attached hydrogens (tertiary/aromatic N) is 3. The van der Waals surface area contributed by atoms with Gasteiger partial charge in [-0.25, -0.2) is 0 Å². The Morgan fingerprint density at radius 3 is 2.08 bits per heavy atom. The summed E-state index contributed by atoms with van der Waals surface area (Å²) in [5.74, 6) is -5.09. The summed E-state index contributed by atoms with van der Waals surface area (Å²) in [4.78, 5) is 16.9. The first-order chi connectivity index (χ1) is 16.9. The van der Waals surface area contributed by atoms with Gasteiger partial charge in [-0.2, -0.15) is 22.0 Å². The molecule has 3 aliphatic rings. The van der Waals surface area contributed by atoms with E-state index >= 15 is 0 Å². The molecule has 0 atom stereocenters. The maximum atomic E-state index is 14.2. The van der Waals surface area contributed by atoms with Gasteiger partial charge < -0.3 is 14.6 Å². The SMILES string of the molecule is CN1CCn2c(ccc2C(F)(F)C(F)(F)F)C12CCN(C(=O)c1ccc(C3(O)CCCC3)cc1)CC2.[HH]. The van der Waals surface area contributed by atoms with Crippen LogP contribution in [0, 0.1) is 0 Å². The predicted octanol–water partition coefficient (Wildman–Crippen LogP) is 5.23. The number of alkyl halides is 5. The minimum absolute atomic E-state index is 0. The lowest BCUT2D eigenvalue weighted by Crippen LogP contribution is -2.57. The van der Waals surface area contributed by atoms with Crippen LogP contribution in [0.3, 0.4) is 0 Å². The van der Waals surface area contributed by atoms with Crippen molar-refractivity contribution in [3.63, 3.8) is 0 Å². The van der Waals surface area contributed by atoms with Crippen molar-refractivity contribution >= 4 is 5.91 Å². The van der Waals surface area contributed by atoms with Gasteiger partial charge in [0.25, 0.3) is 5.91 Å². The van der Waals surface area contributed by atoms with Crippen molar-refractivity contribution in [2.45, 2.75) is 68.3 Å². The molecule has 5 nitrogen and oxygen atoms in total. The first-order valence-corrected chi connectivity index (χ1v) is 12.4. The van der Waals surface area contributed by atoms with Crippen molar-refractivity contribution in [1.29, 1.82) is 0 Å². The number of aliphatic hydroxyl groups is 1. The number of hydrogen-bond acceptors (Lipinski definition) is 3. The summed E-state index contributed by atoms with van der Waals surface area (Å²) < 4.78 is 68.8. The van der Waals surface area contributed by atoms with E-state index in [-0.39, 0.29) is 13.9 Å². The van der Waals surface area contributed by atoms with Gasteiger partial charge in [-0.1, -0.05) is 25.0 Å². The number of hydrogen-bond donors (Lipinski definition) is 1. The van der Waals surface area contributed by atoms with Gasteiger partial charge in [-0.05, 0) is 62.6 Å². The van der Waals surface area contributed by atoms with Crippen molar-refractivity contribution < 1.29 is 33.3 Å². The number of rotatable bonds is 3.